The quantitative estimate of drug-likeness (QED) is 0.581. The van der Waals surface area contributed by atoms with Crippen LogP contribution in [0, 0.1) is 0 Å². The number of benzene rings is 2. The van der Waals surface area contributed by atoms with Crippen molar-refractivity contribution in [1.82, 2.24) is 20.2 Å². The molecule has 0 amide bonds. The third kappa shape index (κ3) is 3.48. The minimum Gasteiger partial charge on any atom is -0.279 e. The van der Waals surface area contributed by atoms with E-state index in [4.69, 9.17) is 11.6 Å². The van der Waals surface area contributed by atoms with Gasteiger partial charge in [0.2, 0.25) is 0 Å². The molecule has 0 atom stereocenters. The van der Waals surface area contributed by atoms with E-state index in [1.165, 1.54) is 0 Å². The Morgan fingerprint density at radius 3 is 2.64 bits per heavy atom. The van der Waals surface area contributed by atoms with Gasteiger partial charge in [0.05, 0.1) is 11.4 Å². The van der Waals surface area contributed by atoms with Gasteiger partial charge >= 0.3 is 0 Å². The molecule has 0 aliphatic heterocycles. The van der Waals surface area contributed by atoms with Crippen LogP contribution in [0.3, 0.4) is 0 Å². The van der Waals surface area contributed by atoms with Crippen LogP contribution in [0.5, 0.6) is 0 Å². The van der Waals surface area contributed by atoms with Gasteiger partial charge in [0.25, 0.3) is 0 Å². The molecular weight excluding hydrogens is 300 g/mol. The summed E-state index contributed by atoms with van der Waals surface area (Å²) in [6.07, 6.45) is 2.24. The van der Waals surface area contributed by atoms with Crippen LogP contribution < -0.4 is 5.43 Å². The molecule has 2 aromatic carbocycles. The molecule has 110 valence electrons. The zero-order valence-electron chi connectivity index (χ0n) is 11.6. The van der Waals surface area contributed by atoms with E-state index in [0.717, 1.165) is 11.4 Å². The van der Waals surface area contributed by atoms with Crippen molar-refractivity contribution < 1.29 is 0 Å². The molecule has 3 rings (SSSR count). The number of rotatable bonds is 5. The average Bonchev–Trinajstić information content (AvgIpc) is 3.02. The Bertz CT molecular complexity index is 751. The number of hydrogen-bond donors (Lipinski definition) is 1. The van der Waals surface area contributed by atoms with Crippen molar-refractivity contribution in [2.45, 2.75) is 6.42 Å². The molecule has 0 spiro atoms. The molecule has 0 radical (unpaired) electrons. The maximum atomic E-state index is 5.83. The Kier molecular flexibility index (Phi) is 4.41. The first kappa shape index (κ1) is 14.2. The summed E-state index contributed by atoms with van der Waals surface area (Å²) in [4.78, 5) is 0. The Hall–Kier alpha value is -2.73. The molecule has 22 heavy (non-hydrogen) atoms. The summed E-state index contributed by atoms with van der Waals surface area (Å²) in [7, 11) is 0. The third-order valence-corrected chi connectivity index (χ3v) is 3.19. The standard InChI is InChI=1S/C15H13ClN6/c16-12-6-8-13(9-7-12)18-17-11-10-15-19-20-21-22(15)14-4-2-1-3-5-14/h1-9,11,18H,10H2/b17-11+. The second-order valence-electron chi connectivity index (χ2n) is 4.48. The first-order valence-corrected chi connectivity index (χ1v) is 7.06. The molecular formula is C15H13ClN6. The summed E-state index contributed by atoms with van der Waals surface area (Å²) in [6.45, 7) is 0. The summed E-state index contributed by atoms with van der Waals surface area (Å²) in [5.41, 5.74) is 4.71. The van der Waals surface area contributed by atoms with Gasteiger partial charge in [-0.1, -0.05) is 29.8 Å². The minimum atomic E-state index is 0.516. The van der Waals surface area contributed by atoms with Crippen LogP contribution in [0.15, 0.2) is 59.7 Å². The number of hydrogen-bond acceptors (Lipinski definition) is 5. The van der Waals surface area contributed by atoms with Gasteiger partial charge in [-0.25, -0.2) is 0 Å². The smallest absolute Gasteiger partial charge is 0.162 e. The van der Waals surface area contributed by atoms with Crippen LogP contribution in [0.4, 0.5) is 5.69 Å². The summed E-state index contributed by atoms with van der Waals surface area (Å²) in [6, 6.07) is 17.0. The lowest BCUT2D eigenvalue weighted by Gasteiger charge is -2.02. The number of halogens is 1. The Morgan fingerprint density at radius 1 is 1.09 bits per heavy atom. The number of para-hydroxylation sites is 1. The second-order valence-corrected chi connectivity index (χ2v) is 4.91. The highest BCUT2D eigenvalue weighted by Gasteiger charge is 2.05. The fraction of sp³-hybridized carbons (Fsp3) is 0.0667. The molecule has 7 heteroatoms. The molecule has 0 bridgehead atoms. The highest BCUT2D eigenvalue weighted by Crippen LogP contribution is 2.13. The summed E-state index contributed by atoms with van der Waals surface area (Å²) in [5.74, 6) is 0.716. The van der Waals surface area contributed by atoms with Gasteiger partial charge in [-0.3, -0.25) is 5.43 Å². The summed E-state index contributed by atoms with van der Waals surface area (Å²) < 4.78 is 1.69. The van der Waals surface area contributed by atoms with Crippen molar-refractivity contribution >= 4 is 23.5 Å². The van der Waals surface area contributed by atoms with Crippen LogP contribution in [0.1, 0.15) is 5.82 Å². The molecule has 0 fully saturated rings. The highest BCUT2D eigenvalue weighted by molar-refractivity contribution is 6.30. The number of anilines is 1. The molecule has 1 N–H and O–H groups in total. The van der Waals surface area contributed by atoms with E-state index in [2.05, 4.69) is 26.1 Å². The largest absolute Gasteiger partial charge is 0.279 e. The monoisotopic (exact) mass is 312 g/mol. The van der Waals surface area contributed by atoms with Gasteiger partial charge in [0, 0.05) is 17.7 Å². The van der Waals surface area contributed by atoms with Crippen molar-refractivity contribution in [3.63, 3.8) is 0 Å². The summed E-state index contributed by atoms with van der Waals surface area (Å²) >= 11 is 5.83. The molecule has 1 aromatic heterocycles. The van der Waals surface area contributed by atoms with Crippen LogP contribution in [-0.2, 0) is 6.42 Å². The van der Waals surface area contributed by atoms with Crippen LogP contribution in [-0.4, -0.2) is 26.4 Å². The van der Waals surface area contributed by atoms with Crippen LogP contribution >= 0.6 is 11.6 Å². The van der Waals surface area contributed by atoms with Crippen LogP contribution in [0.25, 0.3) is 5.69 Å². The lowest BCUT2D eigenvalue weighted by Crippen LogP contribution is -2.04. The fourth-order valence-corrected chi connectivity index (χ4v) is 2.00. The molecule has 3 aromatic rings. The highest BCUT2D eigenvalue weighted by atomic mass is 35.5. The van der Waals surface area contributed by atoms with E-state index in [1.807, 2.05) is 42.5 Å². The first-order valence-electron chi connectivity index (χ1n) is 6.69. The Morgan fingerprint density at radius 2 is 1.86 bits per heavy atom. The van der Waals surface area contributed by atoms with Crippen molar-refractivity contribution in [2.75, 3.05) is 5.43 Å². The molecule has 0 aliphatic carbocycles. The van der Waals surface area contributed by atoms with E-state index in [1.54, 1.807) is 23.0 Å². The predicted molar refractivity (Wildman–Crippen MR) is 86.4 cm³/mol. The number of nitrogens with zero attached hydrogens (tertiary/aromatic N) is 5. The van der Waals surface area contributed by atoms with Crippen molar-refractivity contribution in [3.8, 4) is 5.69 Å². The zero-order valence-corrected chi connectivity index (χ0v) is 12.4. The van der Waals surface area contributed by atoms with E-state index >= 15 is 0 Å². The molecule has 1 heterocycles. The second kappa shape index (κ2) is 6.82. The lowest BCUT2D eigenvalue weighted by atomic mass is 10.3. The minimum absolute atomic E-state index is 0.516. The normalized spacial score (nSPS) is 11.0. The molecule has 0 saturated carbocycles. The van der Waals surface area contributed by atoms with Gasteiger partial charge in [-0.2, -0.15) is 9.78 Å². The molecule has 0 aliphatic rings. The van der Waals surface area contributed by atoms with Gasteiger partial charge in [-0.05, 0) is 46.8 Å². The number of aromatic nitrogens is 4. The molecule has 6 nitrogen and oxygen atoms in total. The number of tetrazole rings is 1. The third-order valence-electron chi connectivity index (χ3n) is 2.94. The maximum absolute atomic E-state index is 5.83. The number of nitrogens with one attached hydrogen (secondary N) is 1. The zero-order chi connectivity index (χ0) is 15.2. The van der Waals surface area contributed by atoms with Crippen molar-refractivity contribution in [2.24, 2.45) is 5.10 Å². The van der Waals surface area contributed by atoms with Crippen molar-refractivity contribution in [1.29, 1.82) is 0 Å². The van der Waals surface area contributed by atoms with E-state index in [-0.39, 0.29) is 0 Å². The molecule has 0 saturated heterocycles. The topological polar surface area (TPSA) is 68.0 Å². The SMILES string of the molecule is Clc1ccc(N/N=C/Cc2nnnn2-c2ccccc2)cc1. The fourth-order valence-electron chi connectivity index (χ4n) is 1.87. The first-order chi connectivity index (χ1) is 10.8. The van der Waals surface area contributed by atoms with E-state index in [0.29, 0.717) is 17.3 Å². The lowest BCUT2D eigenvalue weighted by molar-refractivity contribution is 0.776. The summed E-state index contributed by atoms with van der Waals surface area (Å²) in [5, 5.41) is 16.6. The number of hydrazone groups is 1. The van der Waals surface area contributed by atoms with E-state index < -0.39 is 0 Å². The Labute approximate surface area is 132 Å². The Balaban J connectivity index is 1.64. The van der Waals surface area contributed by atoms with Gasteiger partial charge in [-0.15, -0.1) is 5.10 Å². The average molecular weight is 313 g/mol. The maximum Gasteiger partial charge on any atom is 0.162 e. The molecule has 0 unspecified atom stereocenters. The van der Waals surface area contributed by atoms with Gasteiger partial charge in [0.15, 0.2) is 5.82 Å². The van der Waals surface area contributed by atoms with Crippen LogP contribution in [0.2, 0.25) is 5.02 Å². The van der Waals surface area contributed by atoms with E-state index in [9.17, 15) is 0 Å². The van der Waals surface area contributed by atoms with Gasteiger partial charge < -0.3 is 0 Å². The van der Waals surface area contributed by atoms with Gasteiger partial charge in [0.1, 0.15) is 0 Å². The predicted octanol–water partition coefficient (Wildman–Crippen LogP) is 2.96. The van der Waals surface area contributed by atoms with Crippen molar-refractivity contribution in [3.05, 3.63) is 65.4 Å².